The van der Waals surface area contributed by atoms with Crippen LogP contribution in [0.2, 0.25) is 0 Å². The smallest absolute Gasteiger partial charge is 0.318 e. The van der Waals surface area contributed by atoms with Crippen molar-refractivity contribution in [3.8, 4) is 6.01 Å². The number of morpholine rings is 1. The van der Waals surface area contributed by atoms with Gasteiger partial charge in [0.1, 0.15) is 19.0 Å². The summed E-state index contributed by atoms with van der Waals surface area (Å²) in [6.07, 6.45) is 0. The molecule has 1 N–H and O–H groups in total. The number of nitrogens with zero attached hydrogens (tertiary/aromatic N) is 5. The lowest BCUT2D eigenvalue weighted by molar-refractivity contribution is 0.122. The van der Waals surface area contributed by atoms with E-state index in [1.54, 1.807) is 0 Å². The lowest BCUT2D eigenvalue weighted by Gasteiger charge is -2.28. The van der Waals surface area contributed by atoms with Gasteiger partial charge in [0.15, 0.2) is 0 Å². The minimum atomic E-state index is 0.370. The monoisotopic (exact) mass is 384 g/mol. The second-order valence-corrected chi connectivity index (χ2v) is 6.72. The predicted molar refractivity (Wildman–Crippen MR) is 109 cm³/mol. The van der Waals surface area contributed by atoms with Crippen LogP contribution in [0, 0.1) is 13.8 Å². The Labute approximate surface area is 166 Å². The van der Waals surface area contributed by atoms with Gasteiger partial charge in [0, 0.05) is 25.7 Å². The molecule has 1 fully saturated rings. The number of aryl methyl sites for hydroxylation is 2. The lowest BCUT2D eigenvalue weighted by atomic mass is 10.1. The van der Waals surface area contributed by atoms with E-state index in [-0.39, 0.29) is 0 Å². The highest BCUT2D eigenvalue weighted by Gasteiger charge is 2.15. The minimum absolute atomic E-state index is 0.370. The summed E-state index contributed by atoms with van der Waals surface area (Å²) in [5, 5.41) is 11.7. The van der Waals surface area contributed by atoms with Crippen molar-refractivity contribution in [1.29, 1.82) is 0 Å². The van der Waals surface area contributed by atoms with Crippen LogP contribution in [0.4, 0.5) is 11.5 Å². The molecule has 1 aliphatic heterocycles. The van der Waals surface area contributed by atoms with E-state index in [9.17, 15) is 0 Å². The zero-order chi connectivity index (χ0) is 19.8. The molecule has 8 heteroatoms. The molecule has 0 atom stereocenters. The normalized spacial score (nSPS) is 14.6. The van der Waals surface area contributed by atoms with Gasteiger partial charge in [-0.15, -0.1) is 0 Å². The highest BCUT2D eigenvalue weighted by atomic mass is 16.5. The van der Waals surface area contributed by atoms with Crippen molar-refractivity contribution in [2.24, 2.45) is 10.2 Å². The number of rotatable bonds is 8. The molecule has 1 saturated heterocycles. The number of azo groups is 1. The van der Waals surface area contributed by atoms with Gasteiger partial charge in [-0.05, 0) is 44.2 Å². The molecule has 8 nitrogen and oxygen atoms in total. The van der Waals surface area contributed by atoms with Crippen molar-refractivity contribution < 1.29 is 9.47 Å². The maximum Gasteiger partial charge on any atom is 0.318 e. The Hall–Kier alpha value is -2.58. The summed E-state index contributed by atoms with van der Waals surface area (Å²) in [5.74, 6) is 0.842. The third-order valence-electron chi connectivity index (χ3n) is 4.57. The second-order valence-electron chi connectivity index (χ2n) is 6.72. The molecule has 0 radical (unpaired) electrons. The van der Waals surface area contributed by atoms with E-state index in [1.807, 2.05) is 25.2 Å². The van der Waals surface area contributed by atoms with Crippen LogP contribution < -0.4 is 15.0 Å². The molecule has 0 amide bonds. The predicted octanol–water partition coefficient (Wildman–Crippen LogP) is 2.81. The third kappa shape index (κ3) is 5.71. The summed E-state index contributed by atoms with van der Waals surface area (Å²) in [5.41, 5.74) is 4.07. The lowest BCUT2D eigenvalue weighted by Crippen LogP contribution is -2.37. The molecule has 1 aromatic carbocycles. The maximum absolute atomic E-state index is 5.70. The van der Waals surface area contributed by atoms with Gasteiger partial charge in [0.2, 0.25) is 0 Å². The number of benzene rings is 1. The first-order valence-electron chi connectivity index (χ1n) is 9.58. The van der Waals surface area contributed by atoms with E-state index in [2.05, 4.69) is 50.3 Å². The van der Waals surface area contributed by atoms with E-state index in [0.717, 1.165) is 36.8 Å². The van der Waals surface area contributed by atoms with Gasteiger partial charge < -0.3 is 19.7 Å². The topological polar surface area (TPSA) is 84.2 Å². The Morgan fingerprint density at radius 1 is 1.14 bits per heavy atom. The van der Waals surface area contributed by atoms with E-state index in [0.29, 0.717) is 32.4 Å². The van der Waals surface area contributed by atoms with E-state index in [1.165, 1.54) is 11.1 Å². The largest absolute Gasteiger partial charge is 0.462 e. The van der Waals surface area contributed by atoms with Gasteiger partial charge in [-0.2, -0.15) is 20.2 Å². The Bertz CT molecular complexity index is 805. The average Bonchev–Trinajstić information content (AvgIpc) is 2.71. The van der Waals surface area contributed by atoms with Gasteiger partial charge >= 0.3 is 6.01 Å². The summed E-state index contributed by atoms with van der Waals surface area (Å²) in [6, 6.07) is 8.38. The minimum Gasteiger partial charge on any atom is -0.462 e. The number of ether oxygens (including phenoxy) is 2. The average molecular weight is 384 g/mol. The van der Waals surface area contributed by atoms with Gasteiger partial charge in [0.25, 0.3) is 0 Å². The summed E-state index contributed by atoms with van der Waals surface area (Å²) in [4.78, 5) is 11.2. The van der Waals surface area contributed by atoms with Gasteiger partial charge in [0.05, 0.1) is 24.6 Å². The number of hydrogen-bond donors (Lipinski definition) is 1. The Morgan fingerprint density at radius 3 is 2.71 bits per heavy atom. The fraction of sp³-hybridized carbons (Fsp3) is 0.500. The highest BCUT2D eigenvalue weighted by Crippen LogP contribution is 2.20. The van der Waals surface area contributed by atoms with Crippen LogP contribution in [-0.4, -0.2) is 56.5 Å². The Balaban J connectivity index is 1.74. The van der Waals surface area contributed by atoms with Crippen LogP contribution in [0.5, 0.6) is 6.01 Å². The standard InChI is InChI=1S/C20H28N6O2/c1-15-4-5-17(12-16(15)2)25-22-14-18-13-19(26-7-10-27-11-8-26)24-20(23-18)28-9-6-21-3/h4-5,12-13,21H,6-11,14H2,1-3H3. The number of nitrogens with one attached hydrogen (secondary N) is 1. The van der Waals surface area contributed by atoms with Crippen LogP contribution in [0.1, 0.15) is 16.8 Å². The molecule has 3 rings (SSSR count). The SMILES string of the molecule is CNCCOc1nc(CN=Nc2ccc(C)c(C)c2)cc(N2CCOCC2)n1. The number of aromatic nitrogens is 2. The number of likely N-dealkylation sites (N-methyl/N-ethyl adjacent to an activating group) is 1. The highest BCUT2D eigenvalue weighted by molar-refractivity contribution is 5.43. The Kier molecular flexibility index (Phi) is 7.27. The summed E-state index contributed by atoms with van der Waals surface area (Å²) < 4.78 is 11.1. The maximum atomic E-state index is 5.70. The first-order chi connectivity index (χ1) is 13.7. The molecule has 1 aromatic heterocycles. The van der Waals surface area contributed by atoms with Crippen LogP contribution in [0.15, 0.2) is 34.5 Å². The number of anilines is 1. The molecule has 0 saturated carbocycles. The van der Waals surface area contributed by atoms with Crippen molar-refractivity contribution in [3.05, 3.63) is 41.1 Å². The molecule has 0 aliphatic carbocycles. The summed E-state index contributed by atoms with van der Waals surface area (Å²) in [6.45, 7) is 8.76. The summed E-state index contributed by atoms with van der Waals surface area (Å²) >= 11 is 0. The van der Waals surface area contributed by atoms with Gasteiger partial charge in [-0.25, -0.2) is 0 Å². The van der Waals surface area contributed by atoms with E-state index < -0.39 is 0 Å². The van der Waals surface area contributed by atoms with Crippen molar-refractivity contribution in [2.45, 2.75) is 20.4 Å². The van der Waals surface area contributed by atoms with Crippen molar-refractivity contribution in [2.75, 3.05) is 51.4 Å². The van der Waals surface area contributed by atoms with Crippen LogP contribution in [-0.2, 0) is 11.3 Å². The quantitative estimate of drug-likeness (QED) is 0.556. The molecule has 28 heavy (non-hydrogen) atoms. The molecule has 0 spiro atoms. The van der Waals surface area contributed by atoms with Crippen LogP contribution in [0.3, 0.4) is 0 Å². The molecule has 0 unspecified atom stereocenters. The molecule has 1 aliphatic rings. The molecule has 150 valence electrons. The molecule has 0 bridgehead atoms. The first-order valence-corrected chi connectivity index (χ1v) is 9.58. The zero-order valence-electron chi connectivity index (χ0n) is 16.8. The van der Waals surface area contributed by atoms with Crippen molar-refractivity contribution in [3.63, 3.8) is 0 Å². The number of hydrogen-bond acceptors (Lipinski definition) is 8. The van der Waals surface area contributed by atoms with Crippen molar-refractivity contribution >= 4 is 11.5 Å². The zero-order valence-corrected chi connectivity index (χ0v) is 16.8. The van der Waals surface area contributed by atoms with E-state index in [4.69, 9.17) is 9.47 Å². The third-order valence-corrected chi connectivity index (χ3v) is 4.57. The summed E-state index contributed by atoms with van der Waals surface area (Å²) in [7, 11) is 1.88. The van der Waals surface area contributed by atoms with Crippen LogP contribution >= 0.6 is 0 Å². The van der Waals surface area contributed by atoms with E-state index >= 15 is 0 Å². The van der Waals surface area contributed by atoms with Crippen molar-refractivity contribution in [1.82, 2.24) is 15.3 Å². The second kappa shape index (κ2) is 10.1. The molecule has 2 heterocycles. The van der Waals surface area contributed by atoms with Gasteiger partial charge in [-0.1, -0.05) is 6.07 Å². The molecule has 2 aromatic rings. The van der Waals surface area contributed by atoms with Gasteiger partial charge in [-0.3, -0.25) is 0 Å². The fourth-order valence-electron chi connectivity index (χ4n) is 2.78. The first kappa shape index (κ1) is 20.2. The Morgan fingerprint density at radius 2 is 1.96 bits per heavy atom. The van der Waals surface area contributed by atoms with Crippen LogP contribution in [0.25, 0.3) is 0 Å². The molecular formula is C20H28N6O2. The molecular weight excluding hydrogens is 356 g/mol. The fourth-order valence-corrected chi connectivity index (χ4v) is 2.78.